The van der Waals surface area contributed by atoms with Crippen LogP contribution in [0.15, 0.2) is 0 Å². The van der Waals surface area contributed by atoms with Gasteiger partial charge >= 0.3 is 0 Å². The molecule has 0 aromatic carbocycles. The Bertz CT molecular complexity index is 96.4. The lowest BCUT2D eigenvalue weighted by Gasteiger charge is -2.04. The molecule has 0 spiro atoms. The van der Waals surface area contributed by atoms with Crippen LogP contribution in [0.25, 0.3) is 0 Å². The molecule has 0 N–H and O–H groups in total. The molecule has 46 valence electrons. The lowest BCUT2D eigenvalue weighted by atomic mass is 10.4. The van der Waals surface area contributed by atoms with E-state index in [2.05, 4.69) is 0 Å². The van der Waals surface area contributed by atoms with Crippen molar-refractivity contribution in [1.82, 2.24) is 4.90 Å². The molecular formula is C5H8ClNO. The maximum Gasteiger partial charge on any atom is 0.209 e. The second-order valence-corrected chi connectivity index (χ2v) is 2.60. The van der Waals surface area contributed by atoms with Crippen molar-refractivity contribution < 1.29 is 4.79 Å². The highest BCUT2D eigenvalue weighted by Crippen LogP contribution is 2.11. The minimum absolute atomic E-state index is 0.195. The highest BCUT2D eigenvalue weighted by atomic mass is 35.5. The fraction of sp³-hybridized carbons (Fsp3) is 0.800. The number of carbonyl (C=O) groups excluding carboxylic acids is 1. The molecule has 8 heavy (non-hydrogen) atoms. The van der Waals surface area contributed by atoms with E-state index in [1.165, 1.54) is 0 Å². The van der Waals surface area contributed by atoms with Gasteiger partial charge in [0, 0.05) is 13.1 Å². The van der Waals surface area contributed by atoms with Gasteiger partial charge in [0.15, 0.2) is 0 Å². The van der Waals surface area contributed by atoms with E-state index in [4.69, 9.17) is 11.6 Å². The molecule has 0 radical (unpaired) electrons. The van der Waals surface area contributed by atoms with Crippen LogP contribution in [0.4, 0.5) is 0 Å². The number of amides is 1. The fourth-order valence-corrected chi connectivity index (χ4v) is 1.11. The number of carbonyl (C=O) groups is 1. The van der Waals surface area contributed by atoms with Crippen molar-refractivity contribution in [2.45, 2.75) is 11.8 Å². The molecule has 1 amide bonds. The summed E-state index contributed by atoms with van der Waals surface area (Å²) in [6.07, 6.45) is 1.79. The van der Waals surface area contributed by atoms with Gasteiger partial charge in [0.25, 0.3) is 0 Å². The van der Waals surface area contributed by atoms with Gasteiger partial charge in [0.2, 0.25) is 6.41 Å². The van der Waals surface area contributed by atoms with E-state index >= 15 is 0 Å². The molecule has 0 aliphatic carbocycles. The standard InChI is InChI=1S/C5H8ClNO/c6-5-1-2-7(3-5)4-8/h4-5H,1-3H2. The van der Waals surface area contributed by atoms with E-state index in [0.717, 1.165) is 25.9 Å². The number of alkyl halides is 1. The van der Waals surface area contributed by atoms with E-state index in [1.54, 1.807) is 4.90 Å². The molecule has 1 aliphatic rings. The largest absolute Gasteiger partial charge is 0.344 e. The number of hydrogen-bond donors (Lipinski definition) is 0. The van der Waals surface area contributed by atoms with Crippen LogP contribution in [0.2, 0.25) is 0 Å². The SMILES string of the molecule is O=CN1CCC(Cl)C1. The zero-order valence-corrected chi connectivity index (χ0v) is 5.27. The van der Waals surface area contributed by atoms with Crippen molar-refractivity contribution in [2.75, 3.05) is 13.1 Å². The van der Waals surface area contributed by atoms with Crippen LogP contribution < -0.4 is 0 Å². The quantitative estimate of drug-likeness (QED) is 0.376. The van der Waals surface area contributed by atoms with Gasteiger partial charge in [-0.1, -0.05) is 0 Å². The van der Waals surface area contributed by atoms with Gasteiger partial charge in [-0.15, -0.1) is 11.6 Å². The minimum Gasteiger partial charge on any atom is -0.344 e. The smallest absolute Gasteiger partial charge is 0.209 e. The normalized spacial score (nSPS) is 28.6. The van der Waals surface area contributed by atoms with Gasteiger partial charge in [-0.2, -0.15) is 0 Å². The van der Waals surface area contributed by atoms with E-state index < -0.39 is 0 Å². The van der Waals surface area contributed by atoms with Crippen molar-refractivity contribution in [2.24, 2.45) is 0 Å². The van der Waals surface area contributed by atoms with Crippen molar-refractivity contribution in [1.29, 1.82) is 0 Å². The Morgan fingerprint density at radius 2 is 2.50 bits per heavy atom. The van der Waals surface area contributed by atoms with Gasteiger partial charge in [-0.05, 0) is 6.42 Å². The number of halogens is 1. The number of nitrogens with zero attached hydrogens (tertiary/aromatic N) is 1. The second kappa shape index (κ2) is 2.35. The summed E-state index contributed by atoms with van der Waals surface area (Å²) in [5.41, 5.74) is 0. The Morgan fingerprint density at radius 3 is 2.75 bits per heavy atom. The Labute approximate surface area is 53.4 Å². The Balaban J connectivity index is 2.32. The van der Waals surface area contributed by atoms with Crippen molar-refractivity contribution in [3.05, 3.63) is 0 Å². The summed E-state index contributed by atoms with van der Waals surface area (Å²) in [5.74, 6) is 0. The minimum atomic E-state index is 0.195. The predicted octanol–water partition coefficient (Wildman–Crippen LogP) is 0.456. The highest BCUT2D eigenvalue weighted by molar-refractivity contribution is 6.21. The van der Waals surface area contributed by atoms with E-state index in [-0.39, 0.29) is 5.38 Å². The molecule has 1 heterocycles. The average molecular weight is 134 g/mol. The predicted molar refractivity (Wildman–Crippen MR) is 31.9 cm³/mol. The maximum atomic E-state index is 10.0. The lowest BCUT2D eigenvalue weighted by Crippen LogP contribution is -2.17. The van der Waals surface area contributed by atoms with Gasteiger partial charge in [-0.3, -0.25) is 4.79 Å². The van der Waals surface area contributed by atoms with E-state index in [0.29, 0.717) is 0 Å². The summed E-state index contributed by atoms with van der Waals surface area (Å²) in [7, 11) is 0. The molecule has 2 nitrogen and oxygen atoms in total. The summed E-state index contributed by atoms with van der Waals surface area (Å²) < 4.78 is 0. The summed E-state index contributed by atoms with van der Waals surface area (Å²) >= 11 is 5.69. The molecule has 1 atom stereocenters. The summed E-state index contributed by atoms with van der Waals surface area (Å²) in [4.78, 5) is 11.7. The van der Waals surface area contributed by atoms with Gasteiger partial charge in [0.05, 0.1) is 5.38 Å². The Kier molecular flexibility index (Phi) is 1.73. The number of hydrogen-bond acceptors (Lipinski definition) is 1. The molecule has 1 rings (SSSR count). The summed E-state index contributed by atoms with van der Waals surface area (Å²) in [6, 6.07) is 0. The van der Waals surface area contributed by atoms with Crippen LogP contribution in [0.5, 0.6) is 0 Å². The summed E-state index contributed by atoms with van der Waals surface area (Å²) in [6.45, 7) is 1.56. The van der Waals surface area contributed by atoms with Crippen LogP contribution in [0, 0.1) is 0 Å². The topological polar surface area (TPSA) is 20.3 Å². The average Bonchev–Trinajstić information content (AvgIpc) is 2.14. The third-order valence-electron chi connectivity index (χ3n) is 1.31. The van der Waals surface area contributed by atoms with Crippen molar-refractivity contribution >= 4 is 18.0 Å². The molecular weight excluding hydrogens is 126 g/mol. The molecule has 1 saturated heterocycles. The highest BCUT2D eigenvalue weighted by Gasteiger charge is 2.17. The third kappa shape index (κ3) is 1.13. The fourth-order valence-electron chi connectivity index (χ4n) is 0.839. The van der Waals surface area contributed by atoms with Crippen molar-refractivity contribution in [3.8, 4) is 0 Å². The number of likely N-dealkylation sites (tertiary alicyclic amines) is 1. The maximum absolute atomic E-state index is 10.0. The molecule has 0 saturated carbocycles. The molecule has 0 aromatic rings. The van der Waals surface area contributed by atoms with E-state index in [9.17, 15) is 4.79 Å². The van der Waals surface area contributed by atoms with Crippen molar-refractivity contribution in [3.63, 3.8) is 0 Å². The Morgan fingerprint density at radius 1 is 1.75 bits per heavy atom. The first-order chi connectivity index (χ1) is 3.83. The van der Waals surface area contributed by atoms with Gasteiger partial charge in [-0.25, -0.2) is 0 Å². The first-order valence-corrected chi connectivity index (χ1v) is 3.10. The molecule has 0 bridgehead atoms. The lowest BCUT2D eigenvalue weighted by molar-refractivity contribution is -0.117. The molecule has 1 unspecified atom stereocenters. The summed E-state index contributed by atoms with van der Waals surface area (Å²) in [5, 5.41) is 0.195. The van der Waals surface area contributed by atoms with Gasteiger partial charge < -0.3 is 4.90 Å². The van der Waals surface area contributed by atoms with Crippen LogP contribution in [-0.4, -0.2) is 29.8 Å². The van der Waals surface area contributed by atoms with Crippen LogP contribution in [0.1, 0.15) is 6.42 Å². The zero-order chi connectivity index (χ0) is 5.98. The number of rotatable bonds is 1. The Hall–Kier alpha value is -0.240. The second-order valence-electron chi connectivity index (χ2n) is 1.99. The molecule has 1 aliphatic heterocycles. The molecule has 3 heteroatoms. The van der Waals surface area contributed by atoms with Crippen LogP contribution in [0.3, 0.4) is 0 Å². The third-order valence-corrected chi connectivity index (χ3v) is 1.67. The van der Waals surface area contributed by atoms with Crippen LogP contribution in [-0.2, 0) is 4.79 Å². The molecule has 0 aromatic heterocycles. The van der Waals surface area contributed by atoms with Crippen LogP contribution >= 0.6 is 11.6 Å². The first-order valence-electron chi connectivity index (χ1n) is 2.66. The van der Waals surface area contributed by atoms with E-state index in [1.807, 2.05) is 0 Å². The monoisotopic (exact) mass is 133 g/mol. The van der Waals surface area contributed by atoms with Gasteiger partial charge in [0.1, 0.15) is 0 Å². The zero-order valence-electron chi connectivity index (χ0n) is 4.51. The molecule has 1 fully saturated rings. The first kappa shape index (κ1) is 5.89.